The van der Waals surface area contributed by atoms with E-state index >= 15 is 0 Å². The molecule has 25 heavy (non-hydrogen) atoms. The number of methoxy groups -OCH3 is 1. The first-order valence-electron chi connectivity index (χ1n) is 7.68. The molecule has 4 rings (SSSR count). The molecule has 2 aromatic heterocycles. The molecule has 2 heterocycles. The highest BCUT2D eigenvalue weighted by Gasteiger charge is 2.10. The highest BCUT2D eigenvalue weighted by atomic mass is 32.2. The van der Waals surface area contributed by atoms with Crippen LogP contribution in [0.1, 0.15) is 10.6 Å². The molecule has 8 heteroatoms. The van der Waals surface area contributed by atoms with Gasteiger partial charge in [-0.3, -0.25) is 0 Å². The molecule has 2 aromatic carbocycles. The Morgan fingerprint density at radius 3 is 2.76 bits per heavy atom. The molecule has 0 amide bonds. The highest BCUT2D eigenvalue weighted by Crippen LogP contribution is 2.27. The van der Waals surface area contributed by atoms with Gasteiger partial charge in [0.05, 0.1) is 29.6 Å². The standard InChI is InChI=1S/C17H15N5OS2/c1-23-13-8-6-12(7-9-13)10-22-17(19-20-21-22)24-11-16-18-14-4-2-3-5-15(14)25-16/h2-9H,10-11H2,1H3. The van der Waals surface area contributed by atoms with Gasteiger partial charge >= 0.3 is 0 Å². The van der Waals surface area contributed by atoms with Crippen molar-refractivity contribution >= 4 is 33.3 Å². The molecular weight excluding hydrogens is 354 g/mol. The van der Waals surface area contributed by atoms with Crippen molar-refractivity contribution < 1.29 is 4.74 Å². The minimum absolute atomic E-state index is 0.624. The number of hydrogen-bond acceptors (Lipinski definition) is 7. The second-order valence-corrected chi connectivity index (χ2v) is 7.39. The number of ether oxygens (including phenoxy) is 1. The van der Waals surface area contributed by atoms with Crippen molar-refractivity contribution in [2.24, 2.45) is 0 Å². The van der Waals surface area contributed by atoms with E-state index in [0.29, 0.717) is 6.54 Å². The summed E-state index contributed by atoms with van der Waals surface area (Å²) in [6.45, 7) is 0.624. The lowest BCUT2D eigenvalue weighted by Crippen LogP contribution is -2.04. The number of para-hydroxylation sites is 1. The first-order chi connectivity index (χ1) is 12.3. The van der Waals surface area contributed by atoms with E-state index in [4.69, 9.17) is 4.74 Å². The fraction of sp³-hybridized carbons (Fsp3) is 0.176. The van der Waals surface area contributed by atoms with E-state index in [-0.39, 0.29) is 0 Å². The smallest absolute Gasteiger partial charge is 0.210 e. The average molecular weight is 369 g/mol. The van der Waals surface area contributed by atoms with Crippen LogP contribution in [0.2, 0.25) is 0 Å². The molecule has 0 bridgehead atoms. The first-order valence-corrected chi connectivity index (χ1v) is 9.48. The number of nitrogens with zero attached hydrogens (tertiary/aromatic N) is 5. The third-order valence-corrected chi connectivity index (χ3v) is 5.84. The molecule has 0 radical (unpaired) electrons. The van der Waals surface area contributed by atoms with Crippen LogP contribution in [0.3, 0.4) is 0 Å². The Bertz CT molecular complexity index is 947. The Labute approximate surface area is 152 Å². The zero-order valence-electron chi connectivity index (χ0n) is 13.5. The highest BCUT2D eigenvalue weighted by molar-refractivity contribution is 7.98. The van der Waals surface area contributed by atoms with E-state index in [1.165, 1.54) is 4.70 Å². The summed E-state index contributed by atoms with van der Waals surface area (Å²) in [5.74, 6) is 1.59. The molecule has 0 fully saturated rings. The van der Waals surface area contributed by atoms with Crippen LogP contribution < -0.4 is 4.74 Å². The molecular formula is C17H15N5OS2. The van der Waals surface area contributed by atoms with Crippen molar-refractivity contribution in [1.29, 1.82) is 0 Å². The van der Waals surface area contributed by atoms with Crippen molar-refractivity contribution in [3.63, 3.8) is 0 Å². The van der Waals surface area contributed by atoms with Gasteiger partial charge in [0.15, 0.2) is 0 Å². The fourth-order valence-electron chi connectivity index (χ4n) is 2.41. The van der Waals surface area contributed by atoms with E-state index in [0.717, 1.165) is 32.7 Å². The quantitative estimate of drug-likeness (QED) is 0.484. The molecule has 6 nitrogen and oxygen atoms in total. The van der Waals surface area contributed by atoms with Crippen LogP contribution in [-0.4, -0.2) is 32.3 Å². The van der Waals surface area contributed by atoms with E-state index in [1.807, 2.05) is 42.5 Å². The number of tetrazole rings is 1. The van der Waals surface area contributed by atoms with Gasteiger partial charge < -0.3 is 4.74 Å². The molecule has 4 aromatic rings. The van der Waals surface area contributed by atoms with Gasteiger partial charge in [0.25, 0.3) is 0 Å². The van der Waals surface area contributed by atoms with Gasteiger partial charge in [-0.05, 0) is 40.3 Å². The number of thiazole rings is 1. The maximum atomic E-state index is 5.18. The lowest BCUT2D eigenvalue weighted by molar-refractivity contribution is 0.414. The van der Waals surface area contributed by atoms with Crippen LogP contribution in [0.15, 0.2) is 53.7 Å². The lowest BCUT2D eigenvalue weighted by Gasteiger charge is -2.05. The molecule has 0 aliphatic rings. The molecule has 0 spiro atoms. The molecule has 0 unspecified atom stereocenters. The number of hydrogen-bond donors (Lipinski definition) is 0. The van der Waals surface area contributed by atoms with Crippen molar-refractivity contribution in [2.75, 3.05) is 7.11 Å². The summed E-state index contributed by atoms with van der Waals surface area (Å²) >= 11 is 3.31. The minimum atomic E-state index is 0.624. The predicted molar refractivity (Wildman–Crippen MR) is 99.1 cm³/mol. The lowest BCUT2D eigenvalue weighted by atomic mass is 10.2. The third kappa shape index (κ3) is 3.64. The number of aromatic nitrogens is 5. The van der Waals surface area contributed by atoms with Gasteiger partial charge in [-0.25, -0.2) is 9.67 Å². The van der Waals surface area contributed by atoms with Crippen LogP contribution in [0.25, 0.3) is 10.2 Å². The van der Waals surface area contributed by atoms with Crippen LogP contribution in [-0.2, 0) is 12.3 Å². The summed E-state index contributed by atoms with van der Waals surface area (Å²) in [7, 11) is 1.66. The number of thioether (sulfide) groups is 1. The van der Waals surface area contributed by atoms with Gasteiger partial charge in [0.2, 0.25) is 5.16 Å². The third-order valence-electron chi connectivity index (χ3n) is 3.65. The number of benzene rings is 2. The Balaban J connectivity index is 1.45. The zero-order chi connectivity index (χ0) is 17.1. The predicted octanol–water partition coefficient (Wildman–Crippen LogP) is 3.63. The molecule has 0 N–H and O–H groups in total. The summed E-state index contributed by atoms with van der Waals surface area (Å²) < 4.78 is 8.19. The molecule has 0 saturated heterocycles. The summed E-state index contributed by atoms with van der Waals surface area (Å²) in [4.78, 5) is 4.65. The average Bonchev–Trinajstić information content (AvgIpc) is 3.26. The largest absolute Gasteiger partial charge is 0.497 e. The Kier molecular flexibility index (Phi) is 4.62. The van der Waals surface area contributed by atoms with Crippen LogP contribution in [0, 0.1) is 0 Å². The second-order valence-electron chi connectivity index (χ2n) is 5.33. The van der Waals surface area contributed by atoms with Gasteiger partial charge in [-0.15, -0.1) is 16.4 Å². The topological polar surface area (TPSA) is 65.7 Å². The first kappa shape index (κ1) is 16.0. The van der Waals surface area contributed by atoms with E-state index in [2.05, 4.69) is 26.6 Å². The van der Waals surface area contributed by atoms with Gasteiger partial charge in [-0.1, -0.05) is 36.0 Å². The Hall–Kier alpha value is -2.45. The molecule has 0 atom stereocenters. The van der Waals surface area contributed by atoms with Crippen LogP contribution >= 0.6 is 23.1 Å². The fourth-order valence-corrected chi connectivity index (χ4v) is 4.25. The van der Waals surface area contributed by atoms with Crippen LogP contribution in [0.5, 0.6) is 5.75 Å². The molecule has 0 aliphatic heterocycles. The van der Waals surface area contributed by atoms with Gasteiger partial charge in [0, 0.05) is 0 Å². The Morgan fingerprint density at radius 2 is 1.96 bits per heavy atom. The molecule has 126 valence electrons. The maximum absolute atomic E-state index is 5.18. The number of fused-ring (bicyclic) bond motifs is 1. The minimum Gasteiger partial charge on any atom is -0.497 e. The monoisotopic (exact) mass is 369 g/mol. The Morgan fingerprint density at radius 1 is 1.12 bits per heavy atom. The van der Waals surface area contributed by atoms with Gasteiger partial charge in [-0.2, -0.15) is 0 Å². The normalized spacial score (nSPS) is 11.1. The SMILES string of the molecule is COc1ccc(Cn2nnnc2SCc2nc3ccccc3s2)cc1. The van der Waals surface area contributed by atoms with E-state index < -0.39 is 0 Å². The molecule has 0 saturated carbocycles. The van der Waals surface area contributed by atoms with Crippen molar-refractivity contribution in [1.82, 2.24) is 25.2 Å². The van der Waals surface area contributed by atoms with E-state index in [1.54, 1.807) is 34.9 Å². The van der Waals surface area contributed by atoms with Crippen molar-refractivity contribution in [3.05, 3.63) is 59.1 Å². The van der Waals surface area contributed by atoms with Gasteiger partial charge in [0.1, 0.15) is 10.8 Å². The van der Waals surface area contributed by atoms with E-state index in [9.17, 15) is 0 Å². The summed E-state index contributed by atoms with van der Waals surface area (Å²) in [6.07, 6.45) is 0. The zero-order valence-corrected chi connectivity index (χ0v) is 15.1. The van der Waals surface area contributed by atoms with Crippen molar-refractivity contribution in [3.8, 4) is 5.75 Å². The van der Waals surface area contributed by atoms with Crippen molar-refractivity contribution in [2.45, 2.75) is 17.5 Å². The maximum Gasteiger partial charge on any atom is 0.210 e. The summed E-state index contributed by atoms with van der Waals surface area (Å²) in [5.41, 5.74) is 2.16. The summed E-state index contributed by atoms with van der Waals surface area (Å²) in [5, 5.41) is 13.9. The second kappa shape index (κ2) is 7.20. The molecule has 0 aliphatic carbocycles. The number of rotatable bonds is 6. The van der Waals surface area contributed by atoms with Crippen LogP contribution in [0.4, 0.5) is 0 Å². The summed E-state index contributed by atoms with van der Waals surface area (Å²) in [6, 6.07) is 16.1.